The molecule has 0 N–H and O–H groups in total. The molecular formula is C30H30N4O. The van der Waals surface area contributed by atoms with E-state index in [0.717, 1.165) is 35.7 Å². The van der Waals surface area contributed by atoms with Crippen LogP contribution in [0.15, 0.2) is 120 Å². The summed E-state index contributed by atoms with van der Waals surface area (Å²) < 4.78 is 6.31. The SMILES string of the molecule is CN(N=Cc1ccc(N2CC(OCc3ccccc3)CN2c2ccccc2)cc1)c1ccccc1. The average molecular weight is 463 g/mol. The Morgan fingerprint density at radius 2 is 1.29 bits per heavy atom. The fourth-order valence-corrected chi connectivity index (χ4v) is 4.22. The van der Waals surface area contributed by atoms with E-state index in [4.69, 9.17) is 4.74 Å². The molecule has 176 valence electrons. The van der Waals surface area contributed by atoms with Crippen LogP contribution in [-0.4, -0.2) is 32.5 Å². The maximum Gasteiger partial charge on any atom is 0.0969 e. The molecule has 1 unspecified atom stereocenters. The van der Waals surface area contributed by atoms with Crippen LogP contribution in [0.5, 0.6) is 0 Å². The van der Waals surface area contributed by atoms with Crippen LogP contribution >= 0.6 is 0 Å². The minimum atomic E-state index is 0.108. The predicted molar refractivity (Wildman–Crippen MR) is 145 cm³/mol. The van der Waals surface area contributed by atoms with Gasteiger partial charge in [0.25, 0.3) is 0 Å². The zero-order chi connectivity index (χ0) is 23.9. The summed E-state index contributed by atoms with van der Waals surface area (Å²) in [6.45, 7) is 2.22. The summed E-state index contributed by atoms with van der Waals surface area (Å²) in [6, 6.07) is 39.5. The van der Waals surface area contributed by atoms with Crippen LogP contribution in [0.4, 0.5) is 17.1 Å². The topological polar surface area (TPSA) is 31.3 Å². The van der Waals surface area contributed by atoms with Crippen LogP contribution in [0.1, 0.15) is 11.1 Å². The summed E-state index contributed by atoms with van der Waals surface area (Å²) in [5.74, 6) is 0. The van der Waals surface area contributed by atoms with Gasteiger partial charge in [0.05, 0.1) is 49.1 Å². The summed E-state index contributed by atoms with van der Waals surface area (Å²) in [7, 11) is 1.96. The molecular weight excluding hydrogens is 432 g/mol. The summed E-state index contributed by atoms with van der Waals surface area (Å²) >= 11 is 0. The molecule has 0 bridgehead atoms. The van der Waals surface area contributed by atoms with Crippen LogP contribution in [0.3, 0.4) is 0 Å². The van der Waals surface area contributed by atoms with Crippen LogP contribution in [0, 0.1) is 0 Å². The van der Waals surface area contributed by atoms with E-state index < -0.39 is 0 Å². The highest BCUT2D eigenvalue weighted by Gasteiger charge is 2.31. The van der Waals surface area contributed by atoms with Crippen LogP contribution in [-0.2, 0) is 11.3 Å². The molecule has 0 radical (unpaired) electrons. The summed E-state index contributed by atoms with van der Waals surface area (Å²) in [5, 5.41) is 11.1. The van der Waals surface area contributed by atoms with Gasteiger partial charge in [0, 0.05) is 7.05 Å². The van der Waals surface area contributed by atoms with E-state index in [2.05, 4.69) is 87.9 Å². The number of hydrazine groups is 1. The zero-order valence-electron chi connectivity index (χ0n) is 19.9. The lowest BCUT2D eigenvalue weighted by Crippen LogP contribution is -2.36. The lowest BCUT2D eigenvalue weighted by Gasteiger charge is -2.31. The van der Waals surface area contributed by atoms with E-state index in [0.29, 0.717) is 6.61 Å². The Labute approximate surface area is 207 Å². The molecule has 5 nitrogen and oxygen atoms in total. The molecule has 5 rings (SSSR count). The lowest BCUT2D eigenvalue weighted by atomic mass is 10.2. The minimum absolute atomic E-state index is 0.108. The monoisotopic (exact) mass is 462 g/mol. The van der Waals surface area contributed by atoms with Gasteiger partial charge in [-0.05, 0) is 47.5 Å². The van der Waals surface area contributed by atoms with Crippen molar-refractivity contribution < 1.29 is 4.74 Å². The Morgan fingerprint density at radius 1 is 0.743 bits per heavy atom. The Bertz CT molecular complexity index is 1210. The highest BCUT2D eigenvalue weighted by molar-refractivity contribution is 5.81. The second-order valence-corrected chi connectivity index (χ2v) is 8.61. The van der Waals surface area contributed by atoms with Gasteiger partial charge in [0.1, 0.15) is 0 Å². The number of anilines is 3. The van der Waals surface area contributed by atoms with Crippen LogP contribution < -0.4 is 15.0 Å². The van der Waals surface area contributed by atoms with Crippen molar-refractivity contribution in [2.75, 3.05) is 35.2 Å². The zero-order valence-corrected chi connectivity index (χ0v) is 19.9. The molecule has 0 aliphatic carbocycles. The fourth-order valence-electron chi connectivity index (χ4n) is 4.22. The highest BCUT2D eigenvalue weighted by atomic mass is 16.5. The van der Waals surface area contributed by atoms with Crippen molar-refractivity contribution >= 4 is 23.3 Å². The van der Waals surface area contributed by atoms with Gasteiger partial charge < -0.3 is 4.74 Å². The second-order valence-electron chi connectivity index (χ2n) is 8.61. The third-order valence-corrected chi connectivity index (χ3v) is 6.13. The predicted octanol–water partition coefficient (Wildman–Crippen LogP) is 5.98. The molecule has 1 saturated heterocycles. The molecule has 1 heterocycles. The molecule has 0 aromatic heterocycles. The van der Waals surface area contributed by atoms with E-state index in [-0.39, 0.29) is 6.10 Å². The highest BCUT2D eigenvalue weighted by Crippen LogP contribution is 2.29. The number of nitrogens with zero attached hydrogens (tertiary/aromatic N) is 4. The molecule has 4 aromatic carbocycles. The van der Waals surface area contributed by atoms with E-state index in [1.807, 2.05) is 60.7 Å². The third-order valence-electron chi connectivity index (χ3n) is 6.13. The first kappa shape index (κ1) is 22.7. The van der Waals surface area contributed by atoms with Crippen LogP contribution in [0.2, 0.25) is 0 Å². The number of benzene rings is 4. The van der Waals surface area contributed by atoms with Crippen molar-refractivity contribution in [2.24, 2.45) is 5.10 Å². The van der Waals surface area contributed by atoms with Gasteiger partial charge in [0.2, 0.25) is 0 Å². The van der Waals surface area contributed by atoms with Gasteiger partial charge in [-0.25, -0.2) is 0 Å². The molecule has 4 aromatic rings. The summed E-state index contributed by atoms with van der Waals surface area (Å²) in [4.78, 5) is 0. The molecule has 0 amide bonds. The normalized spacial score (nSPS) is 15.6. The van der Waals surface area contributed by atoms with Gasteiger partial charge >= 0.3 is 0 Å². The fraction of sp³-hybridized carbons (Fsp3) is 0.167. The number of para-hydroxylation sites is 2. The molecule has 1 aliphatic heterocycles. The Kier molecular flexibility index (Phi) is 7.06. The largest absolute Gasteiger partial charge is 0.370 e. The smallest absolute Gasteiger partial charge is 0.0969 e. The number of rotatable bonds is 8. The van der Waals surface area contributed by atoms with Crippen molar-refractivity contribution in [2.45, 2.75) is 12.7 Å². The number of ether oxygens (including phenoxy) is 1. The van der Waals surface area contributed by atoms with E-state index in [1.54, 1.807) is 0 Å². The average Bonchev–Trinajstić information content (AvgIpc) is 3.37. The van der Waals surface area contributed by atoms with Gasteiger partial charge in [-0.3, -0.25) is 15.0 Å². The summed E-state index contributed by atoms with van der Waals surface area (Å²) in [5.41, 5.74) is 5.60. The van der Waals surface area contributed by atoms with Gasteiger partial charge in [-0.2, -0.15) is 5.10 Å². The van der Waals surface area contributed by atoms with Crippen molar-refractivity contribution in [3.8, 4) is 0 Å². The van der Waals surface area contributed by atoms with E-state index >= 15 is 0 Å². The maximum atomic E-state index is 6.31. The maximum absolute atomic E-state index is 6.31. The molecule has 35 heavy (non-hydrogen) atoms. The first-order chi connectivity index (χ1) is 17.3. The van der Waals surface area contributed by atoms with E-state index in [9.17, 15) is 0 Å². The Balaban J connectivity index is 1.30. The molecule has 1 atom stereocenters. The van der Waals surface area contributed by atoms with Gasteiger partial charge in [-0.1, -0.05) is 78.9 Å². The van der Waals surface area contributed by atoms with Crippen molar-refractivity contribution in [3.05, 3.63) is 126 Å². The quantitative estimate of drug-likeness (QED) is 0.238. The third kappa shape index (κ3) is 5.70. The van der Waals surface area contributed by atoms with Crippen LogP contribution in [0.25, 0.3) is 0 Å². The lowest BCUT2D eigenvalue weighted by molar-refractivity contribution is 0.0634. The number of hydrogen-bond donors (Lipinski definition) is 0. The first-order valence-electron chi connectivity index (χ1n) is 11.9. The number of hydrogen-bond acceptors (Lipinski definition) is 5. The Hall–Kier alpha value is -4.09. The minimum Gasteiger partial charge on any atom is -0.370 e. The van der Waals surface area contributed by atoms with Crippen molar-refractivity contribution in [1.82, 2.24) is 0 Å². The Morgan fingerprint density at radius 3 is 1.91 bits per heavy atom. The number of hydrazone groups is 1. The molecule has 0 saturated carbocycles. The van der Waals surface area contributed by atoms with Gasteiger partial charge in [0.15, 0.2) is 0 Å². The van der Waals surface area contributed by atoms with Crippen molar-refractivity contribution in [1.29, 1.82) is 0 Å². The molecule has 1 fully saturated rings. The molecule has 5 heteroatoms. The molecule has 0 spiro atoms. The van der Waals surface area contributed by atoms with Crippen molar-refractivity contribution in [3.63, 3.8) is 0 Å². The van der Waals surface area contributed by atoms with E-state index in [1.165, 1.54) is 5.56 Å². The second kappa shape index (κ2) is 10.9. The van der Waals surface area contributed by atoms with Gasteiger partial charge in [-0.15, -0.1) is 0 Å². The first-order valence-corrected chi connectivity index (χ1v) is 11.9. The summed E-state index contributed by atoms with van der Waals surface area (Å²) in [6.07, 6.45) is 2.00. The standard InChI is InChI=1S/C30H30N4O/c1-32(27-13-7-3-8-14-27)31-21-25-17-19-29(20-18-25)34-23-30(35-24-26-11-5-2-6-12-26)22-33(34)28-15-9-4-10-16-28/h2-21,30H,22-24H2,1H3. The molecule has 1 aliphatic rings.